The zero-order valence-corrected chi connectivity index (χ0v) is 20.4. The van der Waals surface area contributed by atoms with E-state index in [0.29, 0.717) is 16.2 Å². The Balaban J connectivity index is 0.00000385. The number of unbranched alkanes of at least 4 members (excludes halogenated alkanes) is 1. The summed E-state index contributed by atoms with van der Waals surface area (Å²) >= 11 is 0. The predicted molar refractivity (Wildman–Crippen MR) is 135 cm³/mol. The van der Waals surface area contributed by atoms with Gasteiger partial charge >= 0.3 is 5.97 Å². The molecule has 2 aromatic carbocycles. The van der Waals surface area contributed by atoms with Crippen LogP contribution in [0.1, 0.15) is 62.3 Å². The van der Waals surface area contributed by atoms with Crippen molar-refractivity contribution in [3.05, 3.63) is 65.2 Å². The molecular formula is C25H36N2O5S. The van der Waals surface area contributed by atoms with Crippen LogP contribution in [0.5, 0.6) is 5.75 Å². The molecule has 0 saturated heterocycles. The lowest BCUT2D eigenvalue weighted by molar-refractivity contribution is -0.131. The summed E-state index contributed by atoms with van der Waals surface area (Å²) in [5.41, 5.74) is 1.82. The second-order valence-corrected chi connectivity index (χ2v) is 10.4. The van der Waals surface area contributed by atoms with Crippen LogP contribution in [0.15, 0.2) is 53.4 Å². The molecule has 1 heterocycles. The molecule has 0 amide bonds. The molecule has 0 spiro atoms. The Bertz CT molecular complexity index is 980. The third-order valence-electron chi connectivity index (χ3n) is 6.18. The summed E-state index contributed by atoms with van der Waals surface area (Å²) in [6, 6.07) is 13.2. The van der Waals surface area contributed by atoms with E-state index in [1.54, 1.807) is 12.1 Å². The van der Waals surface area contributed by atoms with Crippen molar-refractivity contribution in [3.63, 3.8) is 0 Å². The SMILES string of the molecule is CCCC[C@]1(CC)CS(O)(O)c2cc(C=CC(=O)O)c(OC)cc2[C@@H](c2ccccc2)N1.N. The third-order valence-corrected chi connectivity index (χ3v) is 8.19. The summed E-state index contributed by atoms with van der Waals surface area (Å²) in [5.74, 6) is -0.389. The monoisotopic (exact) mass is 476 g/mol. The number of fused-ring (bicyclic) bond motifs is 1. The molecule has 0 aromatic heterocycles. The second-order valence-electron chi connectivity index (χ2n) is 8.34. The van der Waals surface area contributed by atoms with Crippen LogP contribution in [-0.2, 0) is 4.79 Å². The highest BCUT2D eigenvalue weighted by atomic mass is 32.3. The molecule has 0 fully saturated rings. The summed E-state index contributed by atoms with van der Waals surface area (Å²) in [6.07, 6.45) is 6.03. The van der Waals surface area contributed by atoms with Gasteiger partial charge < -0.3 is 16.0 Å². The van der Waals surface area contributed by atoms with Gasteiger partial charge in [0.2, 0.25) is 0 Å². The molecule has 1 aliphatic rings. The van der Waals surface area contributed by atoms with Crippen molar-refractivity contribution in [1.82, 2.24) is 11.5 Å². The first-order valence-corrected chi connectivity index (χ1v) is 12.7. The van der Waals surface area contributed by atoms with Crippen LogP contribution < -0.4 is 16.2 Å². The number of benzene rings is 2. The Morgan fingerprint density at radius 1 is 1.24 bits per heavy atom. The molecule has 182 valence electrons. The maximum atomic E-state index is 11.4. The van der Waals surface area contributed by atoms with E-state index < -0.39 is 22.1 Å². The van der Waals surface area contributed by atoms with Gasteiger partial charge in [-0.1, -0.05) is 57.0 Å². The number of carboxylic acids is 1. The van der Waals surface area contributed by atoms with Gasteiger partial charge in [0.05, 0.1) is 23.8 Å². The molecule has 0 bridgehead atoms. The molecular weight excluding hydrogens is 440 g/mol. The Morgan fingerprint density at radius 3 is 2.52 bits per heavy atom. The highest BCUT2D eigenvalue weighted by Crippen LogP contribution is 2.58. The second kappa shape index (κ2) is 11.2. The van der Waals surface area contributed by atoms with E-state index >= 15 is 0 Å². The zero-order chi connectivity index (χ0) is 23.4. The summed E-state index contributed by atoms with van der Waals surface area (Å²) in [5, 5.41) is 12.9. The van der Waals surface area contributed by atoms with Crippen LogP contribution in [-0.4, -0.2) is 38.6 Å². The van der Waals surface area contributed by atoms with Crippen molar-refractivity contribution in [2.24, 2.45) is 0 Å². The van der Waals surface area contributed by atoms with E-state index in [4.69, 9.17) is 9.84 Å². The van der Waals surface area contributed by atoms with Crippen molar-refractivity contribution in [2.45, 2.75) is 56.0 Å². The number of carbonyl (C=O) groups is 1. The average Bonchev–Trinajstić information content (AvgIpc) is 2.88. The van der Waals surface area contributed by atoms with Gasteiger partial charge in [-0.15, -0.1) is 0 Å². The van der Waals surface area contributed by atoms with Crippen LogP contribution in [0.2, 0.25) is 0 Å². The first kappa shape index (κ1) is 26.9. The predicted octanol–water partition coefficient (Wildman–Crippen LogP) is 6.10. The molecule has 0 saturated carbocycles. The van der Waals surface area contributed by atoms with Crippen molar-refractivity contribution in [1.29, 1.82) is 0 Å². The molecule has 7 N–H and O–H groups in total. The van der Waals surface area contributed by atoms with Crippen LogP contribution in [0.4, 0.5) is 0 Å². The first-order valence-electron chi connectivity index (χ1n) is 11.0. The van der Waals surface area contributed by atoms with Crippen LogP contribution in [0.3, 0.4) is 0 Å². The highest BCUT2D eigenvalue weighted by molar-refractivity contribution is 8.24. The fraction of sp³-hybridized carbons (Fsp3) is 0.400. The number of rotatable bonds is 8. The topological polar surface area (TPSA) is 134 Å². The minimum absolute atomic E-state index is 0. The molecule has 33 heavy (non-hydrogen) atoms. The lowest BCUT2D eigenvalue weighted by Crippen LogP contribution is -2.49. The smallest absolute Gasteiger partial charge is 0.328 e. The Morgan fingerprint density at radius 2 is 1.94 bits per heavy atom. The standard InChI is InChI=1S/C25H33NO5S.H3N/c1-4-6-14-25(5-2)17-32(29,30)22-15-19(12-13-23(27)28)21(31-3)16-20(22)24(26-25)18-10-8-7-9-11-18;/h7-13,15-16,24,26,29-30H,4-6,14,17H2,1-3H3,(H,27,28);1H3/t24-,25-;/m1./s1. The molecule has 0 radical (unpaired) electrons. The molecule has 7 nitrogen and oxygen atoms in total. The molecule has 3 rings (SSSR count). The van der Waals surface area contributed by atoms with Gasteiger partial charge in [-0.2, -0.15) is 10.6 Å². The van der Waals surface area contributed by atoms with Crippen molar-refractivity contribution >= 4 is 22.6 Å². The number of hydrogen-bond acceptors (Lipinski definition) is 6. The molecule has 0 aliphatic carbocycles. The van der Waals surface area contributed by atoms with Gasteiger partial charge in [-0.3, -0.25) is 14.4 Å². The summed E-state index contributed by atoms with van der Waals surface area (Å²) in [4.78, 5) is 11.5. The van der Waals surface area contributed by atoms with Gasteiger partial charge in [0.25, 0.3) is 0 Å². The van der Waals surface area contributed by atoms with E-state index in [2.05, 4.69) is 19.2 Å². The molecule has 1 aliphatic heterocycles. The lowest BCUT2D eigenvalue weighted by atomic mass is 9.88. The van der Waals surface area contributed by atoms with Crippen molar-refractivity contribution in [2.75, 3.05) is 12.9 Å². The molecule has 0 unspecified atom stereocenters. The van der Waals surface area contributed by atoms with E-state index in [0.717, 1.165) is 42.9 Å². The summed E-state index contributed by atoms with van der Waals surface area (Å²) in [6.45, 7) is 4.21. The maximum absolute atomic E-state index is 11.4. The number of hydrogen-bond donors (Lipinski definition) is 5. The number of ether oxygens (including phenoxy) is 1. The molecule has 2 aromatic rings. The van der Waals surface area contributed by atoms with Gasteiger partial charge in [-0.05, 0) is 36.6 Å². The van der Waals surface area contributed by atoms with E-state index in [1.165, 1.54) is 13.2 Å². The molecule has 2 atom stereocenters. The largest absolute Gasteiger partial charge is 0.496 e. The maximum Gasteiger partial charge on any atom is 0.328 e. The Labute approximate surface area is 197 Å². The summed E-state index contributed by atoms with van der Waals surface area (Å²) in [7, 11) is -1.63. The quantitative estimate of drug-likeness (QED) is 0.291. The van der Waals surface area contributed by atoms with Gasteiger partial charge in [0.15, 0.2) is 0 Å². The summed E-state index contributed by atoms with van der Waals surface area (Å²) < 4.78 is 28.4. The van der Waals surface area contributed by atoms with Crippen LogP contribution in [0, 0.1) is 0 Å². The number of methoxy groups -OCH3 is 1. The Hall–Kier alpha value is -2.36. The number of nitrogens with one attached hydrogen (secondary N) is 1. The fourth-order valence-corrected chi connectivity index (χ4v) is 6.63. The van der Waals surface area contributed by atoms with E-state index in [-0.39, 0.29) is 17.9 Å². The number of carboxylic acid groups (broad SMARTS) is 1. The van der Waals surface area contributed by atoms with Crippen LogP contribution >= 0.6 is 10.6 Å². The number of aliphatic carboxylic acids is 1. The van der Waals surface area contributed by atoms with Gasteiger partial charge in [0.1, 0.15) is 5.75 Å². The molecule has 8 heteroatoms. The van der Waals surface area contributed by atoms with E-state index in [9.17, 15) is 13.9 Å². The van der Waals surface area contributed by atoms with Gasteiger partial charge in [0, 0.05) is 22.7 Å². The highest BCUT2D eigenvalue weighted by Gasteiger charge is 2.42. The van der Waals surface area contributed by atoms with Crippen LogP contribution in [0.25, 0.3) is 6.08 Å². The van der Waals surface area contributed by atoms with Gasteiger partial charge in [-0.25, -0.2) is 4.79 Å². The van der Waals surface area contributed by atoms with E-state index in [1.807, 2.05) is 30.3 Å². The fourth-order valence-electron chi connectivity index (χ4n) is 4.41. The normalized spacial score (nSPS) is 22.6. The van der Waals surface area contributed by atoms with Crippen molar-refractivity contribution < 1.29 is 23.7 Å². The lowest BCUT2D eigenvalue weighted by Gasteiger charge is -2.42. The minimum Gasteiger partial charge on any atom is -0.496 e. The first-order chi connectivity index (χ1) is 15.2. The Kier molecular flexibility index (Phi) is 9.11. The zero-order valence-electron chi connectivity index (χ0n) is 19.6. The third kappa shape index (κ3) is 5.96. The van der Waals surface area contributed by atoms with Crippen molar-refractivity contribution in [3.8, 4) is 5.75 Å². The average molecular weight is 477 g/mol. The minimum atomic E-state index is -3.15.